The number of allylic oxidation sites excluding steroid dienone is 3. The summed E-state index contributed by atoms with van der Waals surface area (Å²) < 4.78 is 45.7. The lowest BCUT2D eigenvalue weighted by molar-refractivity contribution is 0.193. The lowest BCUT2D eigenvalue weighted by Gasteiger charge is -2.17. The Labute approximate surface area is 203 Å². The molecule has 11 nitrogen and oxygen atoms in total. The van der Waals surface area contributed by atoms with E-state index >= 15 is 0 Å². The van der Waals surface area contributed by atoms with Crippen LogP contribution >= 0.6 is 11.6 Å². The second-order valence-corrected chi connectivity index (χ2v) is 9.61. The summed E-state index contributed by atoms with van der Waals surface area (Å²) in [4.78, 5) is 8.06. The topological polar surface area (TPSA) is 130 Å². The lowest BCUT2D eigenvalue weighted by atomic mass is 10.1. The first kappa shape index (κ1) is 25.8. The average Bonchev–Trinajstić information content (AvgIpc) is 3.48. The first-order valence-corrected chi connectivity index (χ1v) is 12.5. The summed E-state index contributed by atoms with van der Waals surface area (Å²) in [6.45, 7) is 5.57. The van der Waals surface area contributed by atoms with E-state index in [1.54, 1.807) is 29.9 Å². The summed E-state index contributed by atoms with van der Waals surface area (Å²) in [6, 6.07) is 0. The molecule has 0 spiro atoms. The van der Waals surface area contributed by atoms with Crippen molar-refractivity contribution in [3.63, 3.8) is 0 Å². The summed E-state index contributed by atoms with van der Waals surface area (Å²) in [6.07, 6.45) is 8.91. The molecule has 0 radical (unpaired) electrons. The van der Waals surface area contributed by atoms with Crippen molar-refractivity contribution < 1.29 is 22.6 Å². The van der Waals surface area contributed by atoms with Gasteiger partial charge in [0.15, 0.2) is 0 Å². The van der Waals surface area contributed by atoms with E-state index in [-0.39, 0.29) is 24.0 Å². The molecule has 0 aliphatic carbocycles. The van der Waals surface area contributed by atoms with Gasteiger partial charge in [0, 0.05) is 38.4 Å². The van der Waals surface area contributed by atoms with Crippen LogP contribution in [0.3, 0.4) is 0 Å². The van der Waals surface area contributed by atoms with Crippen LogP contribution in [0, 0.1) is 0 Å². The van der Waals surface area contributed by atoms with E-state index in [0.717, 1.165) is 6.42 Å². The van der Waals surface area contributed by atoms with E-state index in [1.807, 2.05) is 0 Å². The summed E-state index contributed by atoms with van der Waals surface area (Å²) >= 11 is 5.78. The monoisotopic (exact) mass is 510 g/mol. The zero-order chi connectivity index (χ0) is 24.6. The van der Waals surface area contributed by atoms with Gasteiger partial charge in [-0.25, -0.2) is 18.4 Å². The van der Waals surface area contributed by atoms with Crippen molar-refractivity contribution in [3.05, 3.63) is 59.6 Å². The Bertz CT molecular complexity index is 1140. The molecule has 1 aliphatic rings. The number of halogens is 1. The fourth-order valence-electron chi connectivity index (χ4n) is 3.21. The second kappa shape index (κ2) is 12.1. The van der Waals surface area contributed by atoms with Gasteiger partial charge < -0.3 is 14.2 Å². The lowest BCUT2D eigenvalue weighted by Crippen LogP contribution is -2.22. The molecule has 0 saturated carbocycles. The van der Waals surface area contributed by atoms with Gasteiger partial charge in [-0.2, -0.15) is 0 Å². The predicted molar refractivity (Wildman–Crippen MR) is 128 cm³/mol. The third kappa shape index (κ3) is 6.86. The molecule has 0 amide bonds. The SMILES string of the molecule is C=C(/C(=C\C=C/COC)OC)n1c(NS(=O)(=O)CCc2ncc(Cl)cn2)nnc1[C@@H]1CCOC1. The number of nitrogens with one attached hydrogen (secondary N) is 1. The van der Waals surface area contributed by atoms with Crippen LogP contribution in [0.25, 0.3) is 5.70 Å². The standard InChI is InChI=1S/C21H27ClN6O5S/c1-15(18(32-3)6-4-5-9-31-2)28-20(16-7-10-33-14-16)25-26-21(28)27-34(29,30)11-8-19-23-12-17(22)13-24-19/h4-6,12-13,16H,1,7-11,14H2,2-3H3,(H,26,27)/b5-4-,18-6+/t16-/m1/s1. The smallest absolute Gasteiger partial charge is 0.243 e. The molecule has 2 aromatic rings. The fourth-order valence-corrected chi connectivity index (χ4v) is 4.28. The molecule has 2 aromatic heterocycles. The van der Waals surface area contributed by atoms with Crippen LogP contribution < -0.4 is 4.72 Å². The minimum absolute atomic E-state index is 0.00717. The Kier molecular flexibility index (Phi) is 9.16. The number of hydrogen-bond acceptors (Lipinski definition) is 9. The highest BCUT2D eigenvalue weighted by Crippen LogP contribution is 2.30. The van der Waals surface area contributed by atoms with Crippen molar-refractivity contribution in [2.75, 3.05) is 44.5 Å². The minimum Gasteiger partial charge on any atom is -0.495 e. The maximum Gasteiger partial charge on any atom is 0.243 e. The zero-order valence-corrected chi connectivity index (χ0v) is 20.5. The van der Waals surface area contributed by atoms with E-state index in [0.29, 0.717) is 47.9 Å². The van der Waals surface area contributed by atoms with Crippen LogP contribution in [0.15, 0.2) is 43.0 Å². The molecule has 13 heteroatoms. The molecule has 0 unspecified atom stereocenters. The van der Waals surface area contributed by atoms with E-state index in [1.165, 1.54) is 19.5 Å². The number of ether oxygens (including phenoxy) is 3. The highest BCUT2D eigenvalue weighted by molar-refractivity contribution is 7.92. The molecule has 1 N–H and O–H groups in total. The zero-order valence-electron chi connectivity index (χ0n) is 19.0. The van der Waals surface area contributed by atoms with Crippen molar-refractivity contribution in [2.45, 2.75) is 18.8 Å². The summed E-state index contributed by atoms with van der Waals surface area (Å²) in [5.41, 5.74) is 0.371. The van der Waals surface area contributed by atoms with Gasteiger partial charge in [-0.3, -0.25) is 9.29 Å². The van der Waals surface area contributed by atoms with Gasteiger partial charge in [-0.05, 0) is 12.5 Å². The molecule has 34 heavy (non-hydrogen) atoms. The van der Waals surface area contributed by atoms with E-state index in [4.69, 9.17) is 25.8 Å². The summed E-state index contributed by atoms with van der Waals surface area (Å²) in [7, 11) is -0.723. The number of anilines is 1. The largest absolute Gasteiger partial charge is 0.495 e. The average molecular weight is 511 g/mol. The third-order valence-electron chi connectivity index (χ3n) is 4.92. The van der Waals surface area contributed by atoms with Gasteiger partial charge in [0.2, 0.25) is 16.0 Å². The Morgan fingerprint density at radius 2 is 2.12 bits per heavy atom. The van der Waals surface area contributed by atoms with E-state index < -0.39 is 10.0 Å². The first-order chi connectivity index (χ1) is 16.3. The van der Waals surface area contributed by atoms with Gasteiger partial charge in [-0.15, -0.1) is 10.2 Å². The fraction of sp³-hybridized carbons (Fsp3) is 0.429. The molecule has 184 valence electrons. The Balaban J connectivity index is 1.86. The number of nitrogens with zero attached hydrogens (tertiary/aromatic N) is 5. The maximum atomic E-state index is 12.8. The number of methoxy groups -OCH3 is 2. The number of aromatic nitrogens is 5. The molecule has 3 heterocycles. The van der Waals surface area contributed by atoms with Gasteiger partial charge in [0.05, 0.1) is 36.8 Å². The number of rotatable bonds is 12. The van der Waals surface area contributed by atoms with E-state index in [9.17, 15) is 8.42 Å². The third-order valence-corrected chi connectivity index (χ3v) is 6.35. The van der Waals surface area contributed by atoms with Crippen molar-refractivity contribution in [1.82, 2.24) is 24.7 Å². The highest BCUT2D eigenvalue weighted by atomic mass is 35.5. The summed E-state index contributed by atoms with van der Waals surface area (Å²) in [5.74, 6) is 0.979. The minimum atomic E-state index is -3.82. The molecule has 1 fully saturated rings. The Morgan fingerprint density at radius 3 is 2.76 bits per heavy atom. The van der Waals surface area contributed by atoms with Gasteiger partial charge in [-0.1, -0.05) is 30.3 Å². The van der Waals surface area contributed by atoms with Gasteiger partial charge in [0.25, 0.3) is 0 Å². The highest BCUT2D eigenvalue weighted by Gasteiger charge is 2.29. The molecule has 1 aliphatic heterocycles. The maximum absolute atomic E-state index is 12.8. The molecule has 0 aromatic carbocycles. The van der Waals surface area contributed by atoms with Gasteiger partial charge in [0.1, 0.15) is 17.4 Å². The molecule has 0 bridgehead atoms. The number of hydrogen-bond donors (Lipinski definition) is 1. The van der Waals surface area contributed by atoms with Crippen LogP contribution in [0.4, 0.5) is 5.95 Å². The second-order valence-electron chi connectivity index (χ2n) is 7.33. The first-order valence-electron chi connectivity index (χ1n) is 10.4. The normalized spacial score (nSPS) is 16.8. The van der Waals surface area contributed by atoms with Crippen molar-refractivity contribution >= 4 is 33.3 Å². The molecule has 1 saturated heterocycles. The van der Waals surface area contributed by atoms with Gasteiger partial charge >= 0.3 is 0 Å². The van der Waals surface area contributed by atoms with Crippen LogP contribution in [0.2, 0.25) is 5.02 Å². The van der Waals surface area contributed by atoms with Crippen LogP contribution in [0.5, 0.6) is 0 Å². The Hall–Kier alpha value is -2.80. The quantitative estimate of drug-likeness (QED) is 0.338. The van der Waals surface area contributed by atoms with Crippen LogP contribution in [-0.4, -0.2) is 72.9 Å². The number of aryl methyl sites for hydroxylation is 1. The number of sulfonamides is 1. The van der Waals surface area contributed by atoms with Crippen molar-refractivity contribution in [1.29, 1.82) is 0 Å². The molecular weight excluding hydrogens is 484 g/mol. The van der Waals surface area contributed by atoms with Crippen LogP contribution in [-0.2, 0) is 30.7 Å². The van der Waals surface area contributed by atoms with E-state index in [2.05, 4.69) is 31.5 Å². The molecular formula is C21H27ClN6O5S. The molecule has 3 rings (SSSR count). The molecule has 1 atom stereocenters. The van der Waals surface area contributed by atoms with Crippen molar-refractivity contribution in [3.8, 4) is 0 Å². The predicted octanol–water partition coefficient (Wildman–Crippen LogP) is 2.41. The summed E-state index contributed by atoms with van der Waals surface area (Å²) in [5, 5.41) is 8.71. The van der Waals surface area contributed by atoms with Crippen LogP contribution in [0.1, 0.15) is 24.0 Å². The Morgan fingerprint density at radius 1 is 1.35 bits per heavy atom. The van der Waals surface area contributed by atoms with Crippen molar-refractivity contribution in [2.24, 2.45) is 0 Å².